The molecule has 0 amide bonds. The molecule has 90 valence electrons. The summed E-state index contributed by atoms with van der Waals surface area (Å²) in [6.07, 6.45) is 2.31. The second-order valence-electron chi connectivity index (χ2n) is 3.91. The molecule has 0 atom stereocenters. The van der Waals surface area contributed by atoms with Crippen LogP contribution in [0.3, 0.4) is 0 Å². The number of nitrogens with one attached hydrogen (secondary N) is 1. The molecule has 0 radical (unpaired) electrons. The third-order valence-corrected chi connectivity index (χ3v) is 3.39. The van der Waals surface area contributed by atoms with Gasteiger partial charge in [-0.05, 0) is 45.0 Å². The van der Waals surface area contributed by atoms with Crippen molar-refractivity contribution in [3.8, 4) is 0 Å². The van der Waals surface area contributed by atoms with E-state index in [0.717, 1.165) is 31.8 Å². The highest BCUT2D eigenvalue weighted by atomic mass is 32.2. The lowest BCUT2D eigenvalue weighted by atomic mass is 10.2. The van der Waals surface area contributed by atoms with Crippen LogP contribution in [0.2, 0.25) is 0 Å². The topological polar surface area (TPSA) is 38.0 Å². The lowest BCUT2D eigenvalue weighted by Gasteiger charge is -2.04. The van der Waals surface area contributed by atoms with Gasteiger partial charge in [0.2, 0.25) is 0 Å². The van der Waals surface area contributed by atoms with Crippen LogP contribution in [0, 0.1) is 6.92 Å². The van der Waals surface area contributed by atoms with Gasteiger partial charge in [0.15, 0.2) is 0 Å². The summed E-state index contributed by atoms with van der Waals surface area (Å²) >= 11 is 1.91. The summed E-state index contributed by atoms with van der Waals surface area (Å²) < 4.78 is 0. The Kier molecular flexibility index (Phi) is 7.30. The highest BCUT2D eigenvalue weighted by Gasteiger charge is 1.93. The average molecular weight is 238 g/mol. The van der Waals surface area contributed by atoms with Gasteiger partial charge >= 0.3 is 0 Å². The molecule has 1 aromatic carbocycles. The van der Waals surface area contributed by atoms with E-state index in [9.17, 15) is 0 Å². The summed E-state index contributed by atoms with van der Waals surface area (Å²) in [6.45, 7) is 5.09. The molecule has 2 nitrogen and oxygen atoms in total. The van der Waals surface area contributed by atoms with Crippen molar-refractivity contribution < 1.29 is 0 Å². The zero-order chi connectivity index (χ0) is 11.6. The summed E-state index contributed by atoms with van der Waals surface area (Å²) in [5.74, 6) is 1.13. The van der Waals surface area contributed by atoms with Gasteiger partial charge in [-0.25, -0.2) is 0 Å². The smallest absolute Gasteiger partial charge is 0.0106 e. The lowest BCUT2D eigenvalue weighted by molar-refractivity contribution is 0.649. The van der Waals surface area contributed by atoms with E-state index in [-0.39, 0.29) is 0 Å². The Bertz CT molecular complexity index is 272. The van der Waals surface area contributed by atoms with Crippen LogP contribution in [0.4, 0.5) is 0 Å². The van der Waals surface area contributed by atoms with Crippen molar-refractivity contribution in [1.82, 2.24) is 5.32 Å². The normalized spacial score (nSPS) is 10.6. The van der Waals surface area contributed by atoms with Gasteiger partial charge in [0, 0.05) is 17.2 Å². The van der Waals surface area contributed by atoms with Crippen molar-refractivity contribution in [2.75, 3.05) is 25.4 Å². The van der Waals surface area contributed by atoms with Crippen molar-refractivity contribution in [3.05, 3.63) is 29.8 Å². The molecule has 3 heteroatoms. The van der Waals surface area contributed by atoms with Crippen LogP contribution in [0.25, 0.3) is 0 Å². The molecule has 0 heterocycles. The quantitative estimate of drug-likeness (QED) is 0.539. The molecule has 0 bridgehead atoms. The lowest BCUT2D eigenvalue weighted by Crippen LogP contribution is -2.19. The number of hydrogen-bond donors (Lipinski definition) is 2. The molecule has 0 aromatic heterocycles. The van der Waals surface area contributed by atoms with Gasteiger partial charge in [-0.2, -0.15) is 0 Å². The molecule has 0 saturated carbocycles. The van der Waals surface area contributed by atoms with Crippen molar-refractivity contribution in [3.63, 3.8) is 0 Å². The molecule has 3 N–H and O–H groups in total. The maximum absolute atomic E-state index is 5.43. The number of thioether (sulfide) groups is 1. The minimum absolute atomic E-state index is 0.805. The van der Waals surface area contributed by atoms with Crippen LogP contribution in [-0.4, -0.2) is 25.4 Å². The summed E-state index contributed by atoms with van der Waals surface area (Å²) in [5.41, 5.74) is 6.75. The Morgan fingerprint density at radius 1 is 1.12 bits per heavy atom. The molecule has 0 saturated heterocycles. The number of rotatable bonds is 8. The minimum atomic E-state index is 0.805. The number of hydrogen-bond acceptors (Lipinski definition) is 3. The van der Waals surface area contributed by atoms with E-state index in [1.54, 1.807) is 0 Å². The predicted octanol–water partition coefficient (Wildman–Crippen LogP) is 2.42. The Hall–Kier alpha value is -0.510. The van der Waals surface area contributed by atoms with E-state index in [0.29, 0.717) is 0 Å². The van der Waals surface area contributed by atoms with Crippen LogP contribution < -0.4 is 11.1 Å². The largest absolute Gasteiger partial charge is 0.330 e. The summed E-state index contributed by atoms with van der Waals surface area (Å²) in [5, 5.41) is 3.43. The fourth-order valence-corrected chi connectivity index (χ4v) is 2.21. The minimum Gasteiger partial charge on any atom is -0.330 e. The first-order valence-electron chi connectivity index (χ1n) is 5.93. The zero-order valence-corrected chi connectivity index (χ0v) is 10.9. The van der Waals surface area contributed by atoms with E-state index in [1.807, 2.05) is 11.8 Å². The van der Waals surface area contributed by atoms with E-state index in [2.05, 4.69) is 36.5 Å². The van der Waals surface area contributed by atoms with Crippen LogP contribution in [0.15, 0.2) is 29.2 Å². The number of unbranched alkanes of at least 4 members (excludes halogenated alkanes) is 1. The fraction of sp³-hybridized carbons (Fsp3) is 0.538. The maximum Gasteiger partial charge on any atom is 0.0106 e. The highest BCUT2D eigenvalue weighted by Crippen LogP contribution is 2.17. The Morgan fingerprint density at radius 2 is 1.88 bits per heavy atom. The third kappa shape index (κ3) is 6.16. The average Bonchev–Trinajstić information content (AvgIpc) is 2.30. The standard InChI is InChI=1S/C13H22N2S/c1-12-4-6-13(7-5-12)16-11-10-15-9-3-2-8-14/h4-7,15H,2-3,8-11,14H2,1H3. The molecule has 0 aliphatic carbocycles. The SMILES string of the molecule is Cc1ccc(SCCNCCCCN)cc1. The molecule has 0 aliphatic rings. The molecule has 0 aliphatic heterocycles. The molecular formula is C13H22N2S. The van der Waals surface area contributed by atoms with Gasteiger partial charge < -0.3 is 11.1 Å². The Morgan fingerprint density at radius 3 is 2.56 bits per heavy atom. The second kappa shape index (κ2) is 8.62. The van der Waals surface area contributed by atoms with Crippen LogP contribution in [0.1, 0.15) is 18.4 Å². The first-order chi connectivity index (χ1) is 7.83. The van der Waals surface area contributed by atoms with Crippen molar-refractivity contribution in [1.29, 1.82) is 0 Å². The van der Waals surface area contributed by atoms with E-state index < -0.39 is 0 Å². The first-order valence-corrected chi connectivity index (χ1v) is 6.92. The first kappa shape index (κ1) is 13.6. The van der Waals surface area contributed by atoms with Crippen molar-refractivity contribution in [2.45, 2.75) is 24.7 Å². The van der Waals surface area contributed by atoms with E-state index in [4.69, 9.17) is 5.73 Å². The molecular weight excluding hydrogens is 216 g/mol. The third-order valence-electron chi connectivity index (χ3n) is 2.38. The molecule has 1 rings (SSSR count). The molecule has 0 unspecified atom stereocenters. The van der Waals surface area contributed by atoms with E-state index in [1.165, 1.54) is 16.9 Å². The van der Waals surface area contributed by atoms with Gasteiger partial charge in [0.1, 0.15) is 0 Å². The predicted molar refractivity (Wildman–Crippen MR) is 73.1 cm³/mol. The molecule has 1 aromatic rings. The second-order valence-corrected chi connectivity index (χ2v) is 5.08. The molecule has 0 fully saturated rings. The summed E-state index contributed by atoms with van der Waals surface area (Å²) in [4.78, 5) is 1.36. The number of aryl methyl sites for hydroxylation is 1. The number of nitrogens with two attached hydrogens (primary N) is 1. The Balaban J connectivity index is 2.01. The maximum atomic E-state index is 5.43. The summed E-state index contributed by atoms with van der Waals surface area (Å²) in [6, 6.07) is 8.71. The molecule has 16 heavy (non-hydrogen) atoms. The van der Waals surface area contributed by atoms with Crippen molar-refractivity contribution >= 4 is 11.8 Å². The van der Waals surface area contributed by atoms with Gasteiger partial charge in [-0.1, -0.05) is 17.7 Å². The van der Waals surface area contributed by atoms with Crippen LogP contribution in [-0.2, 0) is 0 Å². The van der Waals surface area contributed by atoms with E-state index >= 15 is 0 Å². The fourth-order valence-electron chi connectivity index (χ4n) is 1.39. The number of benzene rings is 1. The van der Waals surface area contributed by atoms with Gasteiger partial charge in [0.25, 0.3) is 0 Å². The van der Waals surface area contributed by atoms with Crippen molar-refractivity contribution in [2.24, 2.45) is 5.73 Å². The zero-order valence-electron chi connectivity index (χ0n) is 10.0. The van der Waals surface area contributed by atoms with Gasteiger partial charge in [-0.3, -0.25) is 0 Å². The monoisotopic (exact) mass is 238 g/mol. The van der Waals surface area contributed by atoms with Crippen LogP contribution >= 0.6 is 11.8 Å². The molecule has 0 spiro atoms. The Labute approximate surface area is 103 Å². The van der Waals surface area contributed by atoms with Gasteiger partial charge in [0.05, 0.1) is 0 Å². The summed E-state index contributed by atoms with van der Waals surface area (Å²) in [7, 11) is 0. The van der Waals surface area contributed by atoms with Gasteiger partial charge in [-0.15, -0.1) is 11.8 Å². The van der Waals surface area contributed by atoms with Crippen LogP contribution in [0.5, 0.6) is 0 Å². The highest BCUT2D eigenvalue weighted by molar-refractivity contribution is 7.99.